The van der Waals surface area contributed by atoms with Crippen molar-refractivity contribution in [3.63, 3.8) is 0 Å². The third kappa shape index (κ3) is 4.19. The molecule has 1 aliphatic rings. The molecule has 0 aliphatic carbocycles. The fraction of sp³-hybridized carbons (Fsp3) is 0.571. The molecule has 3 heterocycles. The minimum Gasteiger partial charge on any atom is -0.380 e. The Morgan fingerprint density at radius 3 is 3.08 bits per heavy atom. The number of aryl methyl sites for hydroxylation is 1. The van der Waals surface area contributed by atoms with Crippen LogP contribution >= 0.6 is 11.3 Å². The first-order valence-corrected chi connectivity index (χ1v) is 10.1. The highest BCUT2D eigenvalue weighted by atomic mass is 32.2. The van der Waals surface area contributed by atoms with Gasteiger partial charge in [-0.2, -0.15) is 0 Å². The Balaban J connectivity index is 1.66. The van der Waals surface area contributed by atoms with Gasteiger partial charge in [0, 0.05) is 18.4 Å². The number of aromatic amines is 1. The first-order valence-electron chi connectivity index (χ1n) is 7.71. The Labute approximate surface area is 144 Å². The molecule has 1 fully saturated rings. The fourth-order valence-corrected chi connectivity index (χ4v) is 4.18. The predicted octanol–water partition coefficient (Wildman–Crippen LogP) is 1.08. The van der Waals surface area contributed by atoms with Gasteiger partial charge in [0.1, 0.15) is 5.82 Å². The van der Waals surface area contributed by atoms with Crippen LogP contribution < -0.4 is 4.72 Å². The van der Waals surface area contributed by atoms with Crippen molar-refractivity contribution in [2.24, 2.45) is 0 Å². The molecule has 0 radical (unpaired) electrons. The smallest absolute Gasteiger partial charge is 0.258 e. The molecular formula is C14H20N4O4S2. The van der Waals surface area contributed by atoms with Crippen molar-refractivity contribution < 1.29 is 17.9 Å². The summed E-state index contributed by atoms with van der Waals surface area (Å²) >= 11 is 1.50. The topological polar surface area (TPSA) is 106 Å². The van der Waals surface area contributed by atoms with Crippen molar-refractivity contribution >= 4 is 21.4 Å². The number of aromatic nitrogens is 3. The van der Waals surface area contributed by atoms with E-state index in [1.54, 1.807) is 5.51 Å². The molecule has 2 aromatic rings. The van der Waals surface area contributed by atoms with E-state index in [-0.39, 0.29) is 17.7 Å². The molecule has 2 aromatic heterocycles. The van der Waals surface area contributed by atoms with Gasteiger partial charge in [-0.25, -0.2) is 23.1 Å². The highest BCUT2D eigenvalue weighted by Crippen LogP contribution is 2.17. The van der Waals surface area contributed by atoms with Gasteiger partial charge >= 0.3 is 0 Å². The maximum atomic E-state index is 12.5. The molecule has 24 heavy (non-hydrogen) atoms. The lowest BCUT2D eigenvalue weighted by molar-refractivity contribution is -0.0579. The quantitative estimate of drug-likeness (QED) is 0.753. The highest BCUT2D eigenvalue weighted by Gasteiger charge is 2.31. The predicted molar refractivity (Wildman–Crippen MR) is 88.2 cm³/mol. The number of ether oxygens (including phenoxy) is 2. The van der Waals surface area contributed by atoms with Gasteiger partial charge in [0.2, 0.25) is 0 Å². The van der Waals surface area contributed by atoms with Gasteiger partial charge in [-0.1, -0.05) is 6.92 Å². The van der Waals surface area contributed by atoms with E-state index in [0.29, 0.717) is 31.9 Å². The van der Waals surface area contributed by atoms with E-state index in [0.717, 1.165) is 5.69 Å². The van der Waals surface area contributed by atoms with Crippen LogP contribution in [0, 0.1) is 0 Å². The number of thiazole rings is 1. The fourth-order valence-electron chi connectivity index (χ4n) is 2.45. The molecule has 3 rings (SSSR count). The molecule has 0 saturated carbocycles. The van der Waals surface area contributed by atoms with Gasteiger partial charge < -0.3 is 14.5 Å². The average Bonchev–Trinajstić information content (AvgIpc) is 3.25. The van der Waals surface area contributed by atoms with Crippen LogP contribution in [0.4, 0.5) is 0 Å². The van der Waals surface area contributed by atoms with Crippen molar-refractivity contribution in [1.29, 1.82) is 0 Å². The van der Waals surface area contributed by atoms with Crippen LogP contribution in [0.2, 0.25) is 0 Å². The van der Waals surface area contributed by atoms with Crippen LogP contribution in [0.25, 0.3) is 0 Å². The summed E-state index contributed by atoms with van der Waals surface area (Å²) in [7, 11) is -3.70. The first kappa shape index (κ1) is 17.5. The number of rotatable bonds is 7. The summed E-state index contributed by atoms with van der Waals surface area (Å²) in [6, 6.07) is -0.448. The van der Waals surface area contributed by atoms with E-state index in [1.165, 1.54) is 17.5 Å². The molecule has 1 saturated heterocycles. The number of nitrogens with one attached hydrogen (secondary N) is 2. The Morgan fingerprint density at radius 1 is 1.50 bits per heavy atom. The molecule has 0 unspecified atom stereocenters. The second-order valence-electron chi connectivity index (χ2n) is 5.47. The maximum Gasteiger partial charge on any atom is 0.258 e. The number of hydrogen-bond donors (Lipinski definition) is 2. The van der Waals surface area contributed by atoms with Crippen molar-refractivity contribution in [1.82, 2.24) is 19.7 Å². The molecule has 0 bridgehead atoms. The van der Waals surface area contributed by atoms with Crippen LogP contribution in [0.5, 0.6) is 0 Å². The summed E-state index contributed by atoms with van der Waals surface area (Å²) in [6.45, 7) is 3.08. The Hall–Kier alpha value is -1.33. The van der Waals surface area contributed by atoms with Crippen LogP contribution in [-0.2, 0) is 32.5 Å². The maximum absolute atomic E-state index is 12.5. The summed E-state index contributed by atoms with van der Waals surface area (Å²) in [5.74, 6) is 0.631. The van der Waals surface area contributed by atoms with Gasteiger partial charge in [-0.15, -0.1) is 11.3 Å². The van der Waals surface area contributed by atoms with Crippen LogP contribution in [0.1, 0.15) is 24.9 Å². The SMILES string of the molecule is CCc1ncc(S(=O)(=O)N[C@@H]2COCC[C@@H]2OCc2cscn2)[nH]1. The minimum atomic E-state index is -3.70. The van der Waals surface area contributed by atoms with E-state index in [2.05, 4.69) is 19.7 Å². The van der Waals surface area contributed by atoms with Crippen LogP contribution in [0.15, 0.2) is 22.1 Å². The number of nitrogens with zero attached hydrogens (tertiary/aromatic N) is 2. The largest absolute Gasteiger partial charge is 0.380 e. The third-order valence-electron chi connectivity index (χ3n) is 3.76. The Kier molecular flexibility index (Phi) is 5.61. The second-order valence-corrected chi connectivity index (χ2v) is 7.87. The summed E-state index contributed by atoms with van der Waals surface area (Å²) in [5.41, 5.74) is 2.58. The van der Waals surface area contributed by atoms with Crippen LogP contribution in [-0.4, -0.2) is 48.7 Å². The lowest BCUT2D eigenvalue weighted by Gasteiger charge is -2.31. The summed E-state index contributed by atoms with van der Waals surface area (Å²) in [4.78, 5) is 11.0. The molecule has 2 atom stereocenters. The zero-order chi connectivity index (χ0) is 17.0. The molecular weight excluding hydrogens is 352 g/mol. The van der Waals surface area contributed by atoms with E-state index < -0.39 is 16.1 Å². The van der Waals surface area contributed by atoms with Gasteiger partial charge in [0.05, 0.1) is 42.8 Å². The zero-order valence-corrected chi connectivity index (χ0v) is 14.9. The van der Waals surface area contributed by atoms with E-state index in [1.807, 2.05) is 12.3 Å². The van der Waals surface area contributed by atoms with Crippen molar-refractivity contribution in [3.8, 4) is 0 Å². The molecule has 132 valence electrons. The Bertz CT molecular complexity index is 745. The molecule has 8 nitrogen and oxygen atoms in total. The summed E-state index contributed by atoms with van der Waals surface area (Å²) in [6.07, 6.45) is 2.33. The number of sulfonamides is 1. The van der Waals surface area contributed by atoms with Crippen molar-refractivity contribution in [2.45, 2.75) is 43.5 Å². The van der Waals surface area contributed by atoms with Gasteiger partial charge in [-0.05, 0) is 6.42 Å². The van der Waals surface area contributed by atoms with Crippen molar-refractivity contribution in [2.75, 3.05) is 13.2 Å². The average molecular weight is 372 g/mol. The van der Waals surface area contributed by atoms with Gasteiger partial charge in [0.25, 0.3) is 10.0 Å². The molecule has 1 aliphatic heterocycles. The number of imidazole rings is 1. The van der Waals surface area contributed by atoms with E-state index in [4.69, 9.17) is 9.47 Å². The van der Waals surface area contributed by atoms with Gasteiger partial charge in [0.15, 0.2) is 5.03 Å². The highest BCUT2D eigenvalue weighted by molar-refractivity contribution is 7.89. The summed E-state index contributed by atoms with van der Waals surface area (Å²) < 4.78 is 38.9. The van der Waals surface area contributed by atoms with E-state index >= 15 is 0 Å². The van der Waals surface area contributed by atoms with E-state index in [9.17, 15) is 8.42 Å². The zero-order valence-electron chi connectivity index (χ0n) is 13.3. The Morgan fingerprint density at radius 2 is 2.38 bits per heavy atom. The summed E-state index contributed by atoms with van der Waals surface area (Å²) in [5, 5.41) is 1.97. The molecule has 0 amide bonds. The first-order chi connectivity index (χ1) is 11.6. The number of hydrogen-bond acceptors (Lipinski definition) is 7. The second kappa shape index (κ2) is 7.70. The molecule has 2 N–H and O–H groups in total. The lowest BCUT2D eigenvalue weighted by atomic mass is 10.1. The normalized spacial score (nSPS) is 21.9. The van der Waals surface area contributed by atoms with Crippen LogP contribution in [0.3, 0.4) is 0 Å². The molecule has 0 aromatic carbocycles. The third-order valence-corrected chi connectivity index (χ3v) is 5.79. The minimum absolute atomic E-state index is 0.0585. The lowest BCUT2D eigenvalue weighted by Crippen LogP contribution is -2.50. The number of H-pyrrole nitrogens is 1. The van der Waals surface area contributed by atoms with Crippen molar-refractivity contribution in [3.05, 3.63) is 28.6 Å². The molecule has 10 heteroatoms. The van der Waals surface area contributed by atoms with Gasteiger partial charge in [-0.3, -0.25) is 0 Å². The monoisotopic (exact) mass is 372 g/mol. The molecule has 0 spiro atoms. The standard InChI is InChI=1S/C14H20N4O4S2/c1-2-13-15-5-14(17-13)24(19,20)18-11-7-21-4-3-12(11)22-6-10-8-23-9-16-10/h5,8-9,11-12,18H,2-4,6-7H2,1H3,(H,15,17)/t11-,12+/m1/s1.